The van der Waals surface area contributed by atoms with Crippen molar-refractivity contribution in [1.29, 1.82) is 0 Å². The molecule has 24 heavy (non-hydrogen) atoms. The fourth-order valence-electron chi connectivity index (χ4n) is 1.95. The molecule has 2 amide bonds. The Morgan fingerprint density at radius 2 is 1.75 bits per heavy atom. The van der Waals surface area contributed by atoms with E-state index in [2.05, 4.69) is 10.6 Å². The van der Waals surface area contributed by atoms with Crippen molar-refractivity contribution in [3.63, 3.8) is 0 Å². The molecule has 0 heterocycles. The van der Waals surface area contributed by atoms with Gasteiger partial charge in [-0.2, -0.15) is 0 Å². The molecular formula is C16H15N3O4S. The molecule has 2 N–H and O–H groups in total. The van der Waals surface area contributed by atoms with Crippen LogP contribution in [0.5, 0.6) is 0 Å². The zero-order chi connectivity index (χ0) is 17.5. The molecular weight excluding hydrogens is 330 g/mol. The van der Waals surface area contributed by atoms with Gasteiger partial charge in [0.15, 0.2) is 0 Å². The van der Waals surface area contributed by atoms with Crippen molar-refractivity contribution in [2.45, 2.75) is 11.8 Å². The van der Waals surface area contributed by atoms with E-state index < -0.39 is 4.92 Å². The summed E-state index contributed by atoms with van der Waals surface area (Å²) in [6.07, 6.45) is 0. The first-order valence-corrected chi connectivity index (χ1v) is 7.98. The van der Waals surface area contributed by atoms with E-state index in [4.69, 9.17) is 0 Å². The molecule has 0 aliphatic heterocycles. The first-order chi connectivity index (χ1) is 11.5. The second-order valence-corrected chi connectivity index (χ2v) is 5.84. The molecule has 0 saturated carbocycles. The van der Waals surface area contributed by atoms with Crippen molar-refractivity contribution in [2.24, 2.45) is 0 Å². The molecule has 0 radical (unpaired) electrons. The Balaban J connectivity index is 1.97. The topological polar surface area (TPSA) is 101 Å². The van der Waals surface area contributed by atoms with E-state index in [9.17, 15) is 19.7 Å². The maximum absolute atomic E-state index is 12.0. The largest absolute Gasteiger partial charge is 0.326 e. The van der Waals surface area contributed by atoms with Crippen LogP contribution in [0, 0.1) is 10.1 Å². The molecule has 7 nitrogen and oxygen atoms in total. The third-order valence-electron chi connectivity index (χ3n) is 2.89. The summed E-state index contributed by atoms with van der Waals surface area (Å²) in [6.45, 7) is 1.40. The van der Waals surface area contributed by atoms with Gasteiger partial charge in [-0.3, -0.25) is 19.7 Å². The Morgan fingerprint density at radius 3 is 2.42 bits per heavy atom. The molecule has 0 aromatic heterocycles. The summed E-state index contributed by atoms with van der Waals surface area (Å²) >= 11 is 1.09. The molecule has 0 bridgehead atoms. The minimum atomic E-state index is -0.475. The van der Waals surface area contributed by atoms with E-state index in [1.807, 2.05) is 0 Å². The summed E-state index contributed by atoms with van der Waals surface area (Å²) < 4.78 is 0. The summed E-state index contributed by atoms with van der Waals surface area (Å²) in [5, 5.41) is 16.3. The van der Waals surface area contributed by atoms with Crippen molar-refractivity contribution >= 4 is 40.6 Å². The minimum absolute atomic E-state index is 0.0250. The number of amides is 2. The second kappa shape index (κ2) is 8.11. The lowest BCUT2D eigenvalue weighted by molar-refractivity contribution is -0.387. The highest BCUT2D eigenvalue weighted by atomic mass is 32.2. The zero-order valence-corrected chi connectivity index (χ0v) is 13.6. The van der Waals surface area contributed by atoms with Crippen LogP contribution in [0.1, 0.15) is 6.92 Å². The first-order valence-electron chi connectivity index (χ1n) is 6.99. The number of hydrogen-bond acceptors (Lipinski definition) is 5. The lowest BCUT2D eigenvalue weighted by Crippen LogP contribution is -2.14. The van der Waals surface area contributed by atoms with E-state index in [1.54, 1.807) is 42.5 Å². The third kappa shape index (κ3) is 5.10. The van der Waals surface area contributed by atoms with Crippen LogP contribution in [0.4, 0.5) is 17.1 Å². The lowest BCUT2D eigenvalue weighted by atomic mass is 10.2. The fourth-order valence-corrected chi connectivity index (χ4v) is 2.77. The summed E-state index contributed by atoms with van der Waals surface area (Å²) in [5.74, 6) is -0.460. The van der Waals surface area contributed by atoms with Crippen LogP contribution in [0.2, 0.25) is 0 Å². The molecule has 2 rings (SSSR count). The van der Waals surface area contributed by atoms with Crippen molar-refractivity contribution in [1.82, 2.24) is 0 Å². The van der Waals surface area contributed by atoms with Crippen molar-refractivity contribution in [2.75, 3.05) is 16.4 Å². The number of anilines is 2. The van der Waals surface area contributed by atoms with Crippen molar-refractivity contribution < 1.29 is 14.5 Å². The lowest BCUT2D eigenvalue weighted by Gasteiger charge is -2.08. The summed E-state index contributed by atoms with van der Waals surface area (Å²) in [6, 6.07) is 13.0. The Hall–Kier alpha value is -2.87. The van der Waals surface area contributed by atoms with Gasteiger partial charge in [0.25, 0.3) is 5.69 Å². The summed E-state index contributed by atoms with van der Waals surface area (Å²) in [5.41, 5.74) is 1.09. The van der Waals surface area contributed by atoms with E-state index in [-0.39, 0.29) is 23.3 Å². The van der Waals surface area contributed by atoms with Gasteiger partial charge >= 0.3 is 0 Å². The number of rotatable bonds is 6. The molecule has 2 aromatic rings. The standard InChI is InChI=1S/C16H15N3O4S/c1-11(20)17-12-5-4-6-13(9-12)18-16(21)10-24-15-8-3-2-7-14(15)19(22)23/h2-9H,10H2,1H3,(H,17,20)(H,18,21). The van der Waals surface area contributed by atoms with Gasteiger partial charge in [0.05, 0.1) is 15.6 Å². The van der Waals surface area contributed by atoms with Gasteiger partial charge in [-0.15, -0.1) is 11.8 Å². The molecule has 0 fully saturated rings. The quantitative estimate of drug-likeness (QED) is 0.475. The normalized spacial score (nSPS) is 10.0. The van der Waals surface area contributed by atoms with E-state index in [1.165, 1.54) is 13.0 Å². The molecule has 0 aliphatic carbocycles. The van der Waals surface area contributed by atoms with Gasteiger partial charge in [-0.1, -0.05) is 18.2 Å². The smallest absolute Gasteiger partial charge is 0.282 e. The number of benzene rings is 2. The number of nitro benzene ring substituents is 1. The number of thioether (sulfide) groups is 1. The molecule has 0 spiro atoms. The highest BCUT2D eigenvalue weighted by molar-refractivity contribution is 8.00. The van der Waals surface area contributed by atoms with E-state index in [0.717, 1.165) is 11.8 Å². The Bertz CT molecular complexity index is 779. The van der Waals surface area contributed by atoms with Crippen LogP contribution in [0.25, 0.3) is 0 Å². The Morgan fingerprint density at radius 1 is 1.08 bits per heavy atom. The Labute approximate surface area is 142 Å². The molecule has 0 unspecified atom stereocenters. The average Bonchev–Trinajstić information content (AvgIpc) is 2.53. The maximum Gasteiger partial charge on any atom is 0.282 e. The number of nitrogens with one attached hydrogen (secondary N) is 2. The Kier molecular flexibility index (Phi) is 5.91. The second-order valence-electron chi connectivity index (χ2n) is 4.82. The van der Waals surface area contributed by atoms with Gasteiger partial charge < -0.3 is 10.6 Å². The van der Waals surface area contributed by atoms with E-state index >= 15 is 0 Å². The molecule has 0 aliphatic rings. The predicted molar refractivity (Wildman–Crippen MR) is 93.2 cm³/mol. The number of carbonyl (C=O) groups excluding carboxylic acids is 2. The highest BCUT2D eigenvalue weighted by Gasteiger charge is 2.14. The van der Waals surface area contributed by atoms with Gasteiger partial charge in [-0.05, 0) is 24.3 Å². The SMILES string of the molecule is CC(=O)Nc1cccc(NC(=O)CSc2ccccc2[N+](=O)[O-])c1. The van der Waals surface area contributed by atoms with Gasteiger partial charge in [-0.25, -0.2) is 0 Å². The number of nitrogens with zero attached hydrogens (tertiary/aromatic N) is 1. The average molecular weight is 345 g/mol. The van der Waals surface area contributed by atoms with Crippen molar-refractivity contribution in [3.8, 4) is 0 Å². The highest BCUT2D eigenvalue weighted by Crippen LogP contribution is 2.28. The minimum Gasteiger partial charge on any atom is -0.326 e. The number of carbonyl (C=O) groups is 2. The molecule has 2 aromatic carbocycles. The van der Waals surface area contributed by atoms with Crippen molar-refractivity contribution in [3.05, 3.63) is 58.6 Å². The summed E-state index contributed by atoms with van der Waals surface area (Å²) in [4.78, 5) is 33.9. The van der Waals surface area contributed by atoms with Crippen LogP contribution in [-0.2, 0) is 9.59 Å². The van der Waals surface area contributed by atoms with Crippen LogP contribution in [0.3, 0.4) is 0 Å². The predicted octanol–water partition coefficient (Wildman–Crippen LogP) is 3.28. The fraction of sp³-hybridized carbons (Fsp3) is 0.125. The van der Waals surface area contributed by atoms with Gasteiger partial charge in [0.1, 0.15) is 0 Å². The van der Waals surface area contributed by atoms with Crippen LogP contribution < -0.4 is 10.6 Å². The van der Waals surface area contributed by atoms with Crippen LogP contribution in [-0.4, -0.2) is 22.5 Å². The third-order valence-corrected chi connectivity index (χ3v) is 3.95. The molecule has 0 saturated heterocycles. The zero-order valence-electron chi connectivity index (χ0n) is 12.8. The number of para-hydroxylation sites is 1. The number of hydrogen-bond donors (Lipinski definition) is 2. The van der Waals surface area contributed by atoms with Crippen LogP contribution in [0.15, 0.2) is 53.4 Å². The molecule has 0 atom stereocenters. The molecule has 124 valence electrons. The monoisotopic (exact) mass is 345 g/mol. The van der Waals surface area contributed by atoms with Crippen LogP contribution >= 0.6 is 11.8 Å². The molecule has 8 heteroatoms. The number of nitro groups is 1. The summed E-state index contributed by atoms with van der Waals surface area (Å²) in [7, 11) is 0. The first kappa shape index (κ1) is 17.5. The van der Waals surface area contributed by atoms with E-state index in [0.29, 0.717) is 16.3 Å². The van der Waals surface area contributed by atoms with Gasteiger partial charge in [0.2, 0.25) is 11.8 Å². The maximum atomic E-state index is 12.0. The van der Waals surface area contributed by atoms with Gasteiger partial charge in [0, 0.05) is 24.4 Å².